The van der Waals surface area contributed by atoms with E-state index < -0.39 is 0 Å². The van der Waals surface area contributed by atoms with E-state index >= 15 is 0 Å². The van der Waals surface area contributed by atoms with Gasteiger partial charge in [0.1, 0.15) is 5.76 Å². The van der Waals surface area contributed by atoms with Gasteiger partial charge in [0.05, 0.1) is 23.9 Å². The Morgan fingerprint density at radius 3 is 2.47 bits per heavy atom. The topological polar surface area (TPSA) is 75.4 Å². The van der Waals surface area contributed by atoms with Gasteiger partial charge in [0, 0.05) is 19.0 Å². The summed E-state index contributed by atoms with van der Waals surface area (Å²) in [5, 5.41) is 5.00. The highest BCUT2D eigenvalue weighted by Crippen LogP contribution is 2.23. The number of carbonyl (C=O) groups excluding carboxylic acids is 2. The van der Waals surface area contributed by atoms with Crippen LogP contribution in [-0.4, -0.2) is 28.7 Å². The van der Waals surface area contributed by atoms with Crippen LogP contribution in [0.4, 0.5) is 5.13 Å². The second-order valence-electron chi connectivity index (χ2n) is 8.36. The van der Waals surface area contributed by atoms with Crippen molar-refractivity contribution in [2.45, 2.75) is 46.1 Å². The number of rotatable bonds is 6. The first kappa shape index (κ1) is 21.8. The van der Waals surface area contributed by atoms with Gasteiger partial charge >= 0.3 is 0 Å². The Labute approximate surface area is 180 Å². The molecule has 0 aliphatic rings. The first-order valence-corrected chi connectivity index (χ1v) is 10.6. The van der Waals surface area contributed by atoms with Crippen LogP contribution in [0.2, 0.25) is 0 Å². The van der Waals surface area contributed by atoms with Gasteiger partial charge in [0.25, 0.3) is 5.91 Å². The number of hydrogen-bond donors (Lipinski definition) is 1. The molecule has 0 radical (unpaired) electrons. The van der Waals surface area contributed by atoms with Gasteiger partial charge in [-0.25, -0.2) is 4.98 Å². The van der Waals surface area contributed by atoms with Gasteiger partial charge in [-0.05, 0) is 29.5 Å². The molecule has 0 spiro atoms. The highest BCUT2D eigenvalue weighted by molar-refractivity contribution is 7.14. The van der Waals surface area contributed by atoms with Crippen molar-refractivity contribution in [2.75, 3.05) is 12.4 Å². The van der Waals surface area contributed by atoms with Crippen molar-refractivity contribution in [3.05, 3.63) is 70.1 Å². The maximum atomic E-state index is 12.6. The first-order chi connectivity index (χ1) is 14.1. The van der Waals surface area contributed by atoms with Crippen LogP contribution in [0.15, 0.2) is 46.4 Å². The van der Waals surface area contributed by atoms with E-state index in [4.69, 9.17) is 4.42 Å². The van der Waals surface area contributed by atoms with Crippen LogP contribution in [0, 0.1) is 6.92 Å². The Morgan fingerprint density at radius 2 is 1.87 bits per heavy atom. The van der Waals surface area contributed by atoms with E-state index in [1.165, 1.54) is 23.2 Å². The number of benzene rings is 1. The van der Waals surface area contributed by atoms with Crippen LogP contribution in [0.5, 0.6) is 0 Å². The zero-order valence-corrected chi connectivity index (χ0v) is 18.8. The molecule has 6 nitrogen and oxygen atoms in total. The molecule has 158 valence electrons. The Morgan fingerprint density at radius 1 is 1.17 bits per heavy atom. The monoisotopic (exact) mass is 425 g/mol. The number of nitrogens with one attached hydrogen (secondary N) is 1. The standard InChI is InChI=1S/C23H27N3O3S/c1-15-19(10-11-29-15)21(28)25-22-24-18(14-30-22)12-20(27)26(5)13-16-6-8-17(9-7-16)23(2,3)4/h6-11,14H,12-13H2,1-5H3,(H,24,25,28). The zero-order valence-electron chi connectivity index (χ0n) is 18.0. The molecule has 0 bridgehead atoms. The molecule has 0 aliphatic carbocycles. The van der Waals surface area contributed by atoms with Gasteiger partial charge in [-0.3, -0.25) is 14.9 Å². The van der Waals surface area contributed by atoms with Crippen LogP contribution in [0.3, 0.4) is 0 Å². The number of anilines is 1. The molecule has 2 heterocycles. The molecular weight excluding hydrogens is 398 g/mol. The number of hydrogen-bond acceptors (Lipinski definition) is 5. The Bertz CT molecular complexity index is 1030. The lowest BCUT2D eigenvalue weighted by molar-refractivity contribution is -0.129. The maximum absolute atomic E-state index is 12.6. The van der Waals surface area contributed by atoms with Gasteiger partial charge < -0.3 is 9.32 Å². The van der Waals surface area contributed by atoms with Crippen molar-refractivity contribution in [1.29, 1.82) is 0 Å². The second kappa shape index (κ2) is 8.83. The summed E-state index contributed by atoms with van der Waals surface area (Å²) in [6.45, 7) is 8.81. The fourth-order valence-electron chi connectivity index (χ4n) is 2.99. The maximum Gasteiger partial charge on any atom is 0.260 e. The van der Waals surface area contributed by atoms with E-state index in [1.807, 2.05) is 0 Å². The molecule has 7 heteroatoms. The summed E-state index contributed by atoms with van der Waals surface area (Å²) in [5.41, 5.74) is 3.57. The van der Waals surface area contributed by atoms with Crippen LogP contribution < -0.4 is 5.32 Å². The molecule has 3 aromatic rings. The van der Waals surface area contributed by atoms with E-state index in [0.717, 1.165) is 5.56 Å². The third-order valence-electron chi connectivity index (χ3n) is 4.87. The number of aryl methyl sites for hydroxylation is 1. The molecule has 3 rings (SSSR count). The largest absolute Gasteiger partial charge is 0.469 e. The van der Waals surface area contributed by atoms with Crippen molar-refractivity contribution in [3.63, 3.8) is 0 Å². The number of furan rings is 1. The summed E-state index contributed by atoms with van der Waals surface area (Å²) >= 11 is 1.30. The van der Waals surface area contributed by atoms with Crippen molar-refractivity contribution < 1.29 is 14.0 Å². The third kappa shape index (κ3) is 5.36. The van der Waals surface area contributed by atoms with Gasteiger partial charge in [-0.15, -0.1) is 11.3 Å². The van der Waals surface area contributed by atoms with Crippen LogP contribution >= 0.6 is 11.3 Å². The normalized spacial score (nSPS) is 11.4. The molecule has 0 atom stereocenters. The van der Waals surface area contributed by atoms with Crippen LogP contribution in [0.25, 0.3) is 0 Å². The zero-order chi connectivity index (χ0) is 21.9. The molecule has 0 unspecified atom stereocenters. The molecule has 0 saturated heterocycles. The molecule has 0 aliphatic heterocycles. The highest BCUT2D eigenvalue weighted by atomic mass is 32.1. The summed E-state index contributed by atoms with van der Waals surface area (Å²) in [7, 11) is 1.79. The smallest absolute Gasteiger partial charge is 0.260 e. The van der Waals surface area contributed by atoms with Gasteiger partial charge in [0.2, 0.25) is 5.91 Å². The molecule has 0 fully saturated rings. The number of amides is 2. The summed E-state index contributed by atoms with van der Waals surface area (Å²) in [6, 6.07) is 9.98. The summed E-state index contributed by atoms with van der Waals surface area (Å²) in [5.74, 6) is 0.254. The van der Waals surface area contributed by atoms with Crippen molar-refractivity contribution in [2.24, 2.45) is 0 Å². The lowest BCUT2D eigenvalue weighted by atomic mass is 9.87. The van der Waals surface area contributed by atoms with Crippen LogP contribution in [0.1, 0.15) is 53.7 Å². The summed E-state index contributed by atoms with van der Waals surface area (Å²) < 4.78 is 5.15. The molecule has 30 heavy (non-hydrogen) atoms. The van der Waals surface area contributed by atoms with E-state index in [1.54, 1.807) is 30.3 Å². The number of carbonyl (C=O) groups is 2. The second-order valence-corrected chi connectivity index (χ2v) is 9.22. The number of aromatic nitrogens is 1. The molecular formula is C23H27N3O3S. The fourth-order valence-corrected chi connectivity index (χ4v) is 3.70. The minimum absolute atomic E-state index is 0.0243. The van der Waals surface area contributed by atoms with Crippen molar-refractivity contribution >= 4 is 28.3 Å². The Balaban J connectivity index is 1.55. The summed E-state index contributed by atoms with van der Waals surface area (Å²) in [6.07, 6.45) is 1.66. The third-order valence-corrected chi connectivity index (χ3v) is 5.68. The average Bonchev–Trinajstić information content (AvgIpc) is 3.30. The van der Waals surface area contributed by atoms with Crippen LogP contribution in [-0.2, 0) is 23.2 Å². The summed E-state index contributed by atoms with van der Waals surface area (Å²) in [4.78, 5) is 30.9. The first-order valence-electron chi connectivity index (χ1n) is 9.76. The van der Waals surface area contributed by atoms with E-state index in [2.05, 4.69) is 55.3 Å². The van der Waals surface area contributed by atoms with Crippen molar-refractivity contribution in [3.8, 4) is 0 Å². The molecule has 1 aromatic carbocycles. The fraction of sp³-hybridized carbons (Fsp3) is 0.348. The lowest BCUT2D eigenvalue weighted by Crippen LogP contribution is -2.27. The SMILES string of the molecule is Cc1occc1C(=O)Nc1nc(CC(=O)N(C)Cc2ccc(C(C)(C)C)cc2)cs1. The van der Waals surface area contributed by atoms with E-state index in [-0.39, 0.29) is 23.7 Å². The average molecular weight is 426 g/mol. The van der Waals surface area contributed by atoms with E-state index in [0.29, 0.717) is 28.7 Å². The lowest BCUT2D eigenvalue weighted by Gasteiger charge is -2.20. The van der Waals surface area contributed by atoms with Gasteiger partial charge in [0.15, 0.2) is 5.13 Å². The quantitative estimate of drug-likeness (QED) is 0.616. The predicted molar refractivity (Wildman–Crippen MR) is 119 cm³/mol. The van der Waals surface area contributed by atoms with Gasteiger partial charge in [-0.2, -0.15) is 0 Å². The number of likely N-dealkylation sites (N-methyl/N-ethyl adjacent to an activating group) is 1. The van der Waals surface area contributed by atoms with E-state index in [9.17, 15) is 9.59 Å². The predicted octanol–water partition coefficient (Wildman–Crippen LogP) is 4.80. The van der Waals surface area contributed by atoms with Gasteiger partial charge in [-0.1, -0.05) is 45.0 Å². The molecule has 2 aromatic heterocycles. The minimum Gasteiger partial charge on any atom is -0.469 e. The molecule has 0 saturated carbocycles. The molecule has 2 amide bonds. The highest BCUT2D eigenvalue weighted by Gasteiger charge is 2.17. The Hall–Kier alpha value is -2.93. The Kier molecular flexibility index (Phi) is 6.41. The molecule has 1 N–H and O–H groups in total. The minimum atomic E-state index is -0.274. The number of nitrogens with zero attached hydrogens (tertiary/aromatic N) is 2. The number of thiazole rings is 1. The van der Waals surface area contributed by atoms with Crippen molar-refractivity contribution in [1.82, 2.24) is 9.88 Å².